The second-order valence-electron chi connectivity index (χ2n) is 4.62. The molecule has 0 aliphatic rings. The van der Waals surface area contributed by atoms with Gasteiger partial charge in [-0.15, -0.1) is 0 Å². The van der Waals surface area contributed by atoms with Crippen molar-refractivity contribution in [2.24, 2.45) is 0 Å². The van der Waals surface area contributed by atoms with E-state index in [2.05, 4.69) is 20.6 Å². The first-order valence-electron chi connectivity index (χ1n) is 6.40. The van der Waals surface area contributed by atoms with Gasteiger partial charge in [-0.3, -0.25) is 0 Å². The lowest BCUT2D eigenvalue weighted by molar-refractivity contribution is 0.626. The molecule has 2 aromatic rings. The van der Waals surface area contributed by atoms with Gasteiger partial charge in [0.25, 0.3) is 0 Å². The summed E-state index contributed by atoms with van der Waals surface area (Å²) in [5, 5.41) is 6.18. The molecule has 20 heavy (non-hydrogen) atoms. The van der Waals surface area contributed by atoms with Crippen LogP contribution in [0.15, 0.2) is 30.3 Å². The topological polar surface area (TPSA) is 75.9 Å². The largest absolute Gasteiger partial charge is 0.373 e. The first kappa shape index (κ1) is 14.0. The molecule has 0 saturated heterocycles. The van der Waals surface area contributed by atoms with E-state index in [1.807, 2.05) is 6.92 Å². The molecule has 1 atom stereocenters. The van der Waals surface area contributed by atoms with Crippen LogP contribution in [-0.2, 0) is 6.42 Å². The van der Waals surface area contributed by atoms with Crippen molar-refractivity contribution in [1.29, 1.82) is 0 Å². The van der Waals surface area contributed by atoms with E-state index in [0.29, 0.717) is 11.6 Å². The molecule has 5 nitrogen and oxygen atoms in total. The number of hydrogen-bond donors (Lipinski definition) is 3. The molecule has 0 spiro atoms. The van der Waals surface area contributed by atoms with Crippen molar-refractivity contribution >= 4 is 17.6 Å². The maximum Gasteiger partial charge on any atom is 0.223 e. The van der Waals surface area contributed by atoms with E-state index < -0.39 is 0 Å². The Morgan fingerprint density at radius 1 is 1.20 bits per heavy atom. The lowest BCUT2D eigenvalue weighted by atomic mass is 10.1. The van der Waals surface area contributed by atoms with Crippen LogP contribution in [0, 0.1) is 5.82 Å². The van der Waals surface area contributed by atoms with Crippen LogP contribution >= 0.6 is 0 Å². The summed E-state index contributed by atoms with van der Waals surface area (Å²) in [6.45, 7) is 2.03. The summed E-state index contributed by atoms with van der Waals surface area (Å²) < 4.78 is 12.8. The lowest BCUT2D eigenvalue weighted by Gasteiger charge is -2.15. The Morgan fingerprint density at radius 3 is 2.50 bits per heavy atom. The highest BCUT2D eigenvalue weighted by Gasteiger charge is 2.07. The molecule has 2 rings (SSSR count). The minimum absolute atomic E-state index is 0.138. The summed E-state index contributed by atoms with van der Waals surface area (Å²) in [5.74, 6) is 1.32. The number of nitrogen functional groups attached to an aromatic ring is 1. The minimum Gasteiger partial charge on any atom is -0.373 e. The number of nitrogens with zero attached hydrogens (tertiary/aromatic N) is 2. The molecule has 1 unspecified atom stereocenters. The molecular weight excluding hydrogens is 257 g/mol. The predicted octanol–water partition coefficient (Wildman–Crippen LogP) is 2.28. The second kappa shape index (κ2) is 6.18. The standard InChI is InChI=1S/C14H18FN5/c1-9(7-10-3-5-11(15)6-4-10)18-13-8-12(17-2)19-14(16)20-13/h3-6,8-9H,7H2,1-2H3,(H4,16,17,18,19,20). The van der Waals surface area contributed by atoms with Gasteiger partial charge in [-0.2, -0.15) is 9.97 Å². The number of rotatable bonds is 5. The van der Waals surface area contributed by atoms with E-state index in [-0.39, 0.29) is 17.8 Å². The van der Waals surface area contributed by atoms with Gasteiger partial charge in [-0.25, -0.2) is 4.39 Å². The van der Waals surface area contributed by atoms with Crippen molar-refractivity contribution in [3.8, 4) is 0 Å². The number of hydrogen-bond acceptors (Lipinski definition) is 5. The number of halogens is 1. The minimum atomic E-state index is -0.225. The van der Waals surface area contributed by atoms with Crippen molar-refractivity contribution in [2.45, 2.75) is 19.4 Å². The van der Waals surface area contributed by atoms with Crippen LogP contribution < -0.4 is 16.4 Å². The monoisotopic (exact) mass is 275 g/mol. The number of anilines is 3. The van der Waals surface area contributed by atoms with Crippen LogP contribution in [-0.4, -0.2) is 23.1 Å². The molecule has 0 fully saturated rings. The van der Waals surface area contributed by atoms with E-state index in [9.17, 15) is 4.39 Å². The summed E-state index contributed by atoms with van der Waals surface area (Å²) in [6.07, 6.45) is 0.763. The quantitative estimate of drug-likeness (QED) is 0.780. The smallest absolute Gasteiger partial charge is 0.223 e. The molecule has 0 aliphatic heterocycles. The second-order valence-corrected chi connectivity index (χ2v) is 4.62. The van der Waals surface area contributed by atoms with Gasteiger partial charge < -0.3 is 16.4 Å². The molecular formula is C14H18FN5. The van der Waals surface area contributed by atoms with Crippen LogP contribution in [0.3, 0.4) is 0 Å². The first-order chi connectivity index (χ1) is 9.56. The highest BCUT2D eigenvalue weighted by Crippen LogP contribution is 2.14. The molecule has 0 radical (unpaired) electrons. The molecule has 0 amide bonds. The van der Waals surface area contributed by atoms with E-state index in [0.717, 1.165) is 12.0 Å². The third-order valence-corrected chi connectivity index (χ3v) is 2.85. The summed E-state index contributed by atoms with van der Waals surface area (Å²) in [5.41, 5.74) is 6.69. The fourth-order valence-corrected chi connectivity index (χ4v) is 1.95. The van der Waals surface area contributed by atoms with Crippen molar-refractivity contribution in [2.75, 3.05) is 23.4 Å². The van der Waals surface area contributed by atoms with E-state index in [1.54, 1.807) is 25.2 Å². The highest BCUT2D eigenvalue weighted by molar-refractivity contribution is 5.51. The predicted molar refractivity (Wildman–Crippen MR) is 79.2 cm³/mol. The Balaban J connectivity index is 2.02. The molecule has 1 heterocycles. The van der Waals surface area contributed by atoms with Crippen LogP contribution in [0.5, 0.6) is 0 Å². The van der Waals surface area contributed by atoms with Gasteiger partial charge in [0.2, 0.25) is 5.95 Å². The number of nitrogens with one attached hydrogen (secondary N) is 2. The Labute approximate surface area is 117 Å². The Kier molecular flexibility index (Phi) is 4.34. The van der Waals surface area contributed by atoms with Crippen molar-refractivity contribution < 1.29 is 4.39 Å². The zero-order valence-corrected chi connectivity index (χ0v) is 11.5. The SMILES string of the molecule is CNc1cc(NC(C)Cc2ccc(F)cc2)nc(N)n1. The summed E-state index contributed by atoms with van der Waals surface area (Å²) in [6, 6.07) is 8.41. The first-order valence-corrected chi connectivity index (χ1v) is 6.40. The van der Waals surface area contributed by atoms with E-state index >= 15 is 0 Å². The van der Waals surface area contributed by atoms with E-state index in [1.165, 1.54) is 12.1 Å². The van der Waals surface area contributed by atoms with Crippen LogP contribution in [0.4, 0.5) is 22.0 Å². The third kappa shape index (κ3) is 3.81. The number of nitrogens with two attached hydrogens (primary N) is 1. The average Bonchev–Trinajstić information content (AvgIpc) is 2.40. The molecule has 0 saturated carbocycles. The normalized spacial score (nSPS) is 11.9. The summed E-state index contributed by atoms with van der Waals surface area (Å²) in [4.78, 5) is 8.16. The molecule has 1 aromatic heterocycles. The third-order valence-electron chi connectivity index (χ3n) is 2.85. The Bertz CT molecular complexity index is 570. The van der Waals surface area contributed by atoms with Crippen molar-refractivity contribution in [3.63, 3.8) is 0 Å². The zero-order chi connectivity index (χ0) is 14.5. The highest BCUT2D eigenvalue weighted by atomic mass is 19.1. The van der Waals surface area contributed by atoms with E-state index in [4.69, 9.17) is 5.73 Å². The zero-order valence-electron chi connectivity index (χ0n) is 11.5. The van der Waals surface area contributed by atoms with Gasteiger partial charge in [0.15, 0.2) is 0 Å². The summed E-state index contributed by atoms with van der Waals surface area (Å²) in [7, 11) is 1.77. The van der Waals surface area contributed by atoms with Gasteiger partial charge in [0, 0.05) is 19.2 Å². The molecule has 106 valence electrons. The maximum atomic E-state index is 12.8. The average molecular weight is 275 g/mol. The van der Waals surface area contributed by atoms with Crippen molar-refractivity contribution in [3.05, 3.63) is 41.7 Å². The molecule has 1 aromatic carbocycles. The number of aromatic nitrogens is 2. The Hall–Kier alpha value is -2.37. The Morgan fingerprint density at radius 2 is 1.85 bits per heavy atom. The van der Waals surface area contributed by atoms with Crippen LogP contribution in [0.25, 0.3) is 0 Å². The lowest BCUT2D eigenvalue weighted by Crippen LogP contribution is -2.19. The fourth-order valence-electron chi connectivity index (χ4n) is 1.95. The van der Waals surface area contributed by atoms with Crippen LogP contribution in [0.2, 0.25) is 0 Å². The molecule has 0 bridgehead atoms. The van der Waals surface area contributed by atoms with Gasteiger partial charge in [-0.05, 0) is 31.0 Å². The van der Waals surface area contributed by atoms with Gasteiger partial charge in [0.1, 0.15) is 17.5 Å². The van der Waals surface area contributed by atoms with Gasteiger partial charge in [-0.1, -0.05) is 12.1 Å². The maximum absolute atomic E-state index is 12.8. The molecule has 0 aliphatic carbocycles. The summed E-state index contributed by atoms with van der Waals surface area (Å²) >= 11 is 0. The molecule has 6 heteroatoms. The molecule has 4 N–H and O–H groups in total. The van der Waals surface area contributed by atoms with Crippen molar-refractivity contribution in [1.82, 2.24) is 9.97 Å². The fraction of sp³-hybridized carbons (Fsp3) is 0.286. The van der Waals surface area contributed by atoms with Crippen LogP contribution in [0.1, 0.15) is 12.5 Å². The van der Waals surface area contributed by atoms with Gasteiger partial charge in [0.05, 0.1) is 0 Å². The van der Waals surface area contributed by atoms with Gasteiger partial charge >= 0.3 is 0 Å². The number of benzene rings is 1.